The van der Waals surface area contributed by atoms with Crippen molar-refractivity contribution in [3.8, 4) is 5.88 Å². The van der Waals surface area contributed by atoms with Crippen LogP contribution in [0.15, 0.2) is 11.0 Å². The molecule has 8 heteroatoms. The Labute approximate surface area is 118 Å². The Morgan fingerprint density at radius 3 is 2.56 bits per heavy atom. The number of aromatic nitrogens is 2. The molecule has 0 aromatic carbocycles. The van der Waals surface area contributed by atoms with Crippen LogP contribution in [0.3, 0.4) is 0 Å². The number of imidazole rings is 1. The van der Waals surface area contributed by atoms with E-state index in [1.807, 2.05) is 0 Å². The van der Waals surface area contributed by atoms with Gasteiger partial charge >= 0.3 is 9.61 Å². The highest BCUT2D eigenvalue weighted by Crippen LogP contribution is 2.37. The molecule has 0 saturated heterocycles. The number of hydrogen-bond donors (Lipinski definition) is 1. The van der Waals surface area contributed by atoms with Crippen LogP contribution < -0.4 is 5.69 Å². The minimum absolute atomic E-state index is 0.0345. The number of hydrogen-bond acceptors (Lipinski definition) is 3. The highest BCUT2D eigenvalue weighted by atomic mass is 35.5. The third-order valence-corrected chi connectivity index (χ3v) is 4.10. The van der Waals surface area contributed by atoms with Crippen molar-refractivity contribution in [1.82, 2.24) is 8.54 Å². The van der Waals surface area contributed by atoms with Crippen LogP contribution in [0.4, 0.5) is 4.39 Å². The molecule has 0 aliphatic heterocycles. The summed E-state index contributed by atoms with van der Waals surface area (Å²) in [4.78, 5) is 12.0. The normalized spacial score (nSPS) is 18.2. The van der Waals surface area contributed by atoms with Gasteiger partial charge < -0.3 is 5.11 Å². The molecule has 1 aliphatic rings. The minimum Gasteiger partial charge on any atom is -0.493 e. The molecule has 0 amide bonds. The van der Waals surface area contributed by atoms with Gasteiger partial charge in [-0.05, 0) is 12.8 Å². The predicted octanol–water partition coefficient (Wildman–Crippen LogP) is 3.42. The fraction of sp³-hybridized carbons (Fsp3) is 0.700. The topological polar surface area (TPSA) is 47.2 Å². The van der Waals surface area contributed by atoms with Crippen molar-refractivity contribution >= 4 is 35.1 Å². The summed E-state index contributed by atoms with van der Waals surface area (Å²) in [6, 6.07) is -0.0345. The molecule has 2 rings (SSSR count). The van der Waals surface area contributed by atoms with E-state index in [1.54, 1.807) is 0 Å². The van der Waals surface area contributed by atoms with Crippen molar-refractivity contribution in [3.63, 3.8) is 0 Å². The lowest BCUT2D eigenvalue weighted by atomic mass is 9.95. The zero-order chi connectivity index (χ0) is 13.3. The molecule has 1 aromatic rings. The summed E-state index contributed by atoms with van der Waals surface area (Å²) in [5.41, 5.74) is -0.507. The Balaban J connectivity index is 2.28. The smallest absolute Gasteiger partial charge is 0.341 e. The lowest BCUT2D eigenvalue weighted by Gasteiger charge is -2.22. The predicted molar refractivity (Wildman–Crippen MR) is 71.0 cm³/mol. The Morgan fingerprint density at radius 2 is 2.00 bits per heavy atom. The van der Waals surface area contributed by atoms with Crippen molar-refractivity contribution in [3.05, 3.63) is 16.7 Å². The van der Waals surface area contributed by atoms with Crippen LogP contribution in [0.5, 0.6) is 5.88 Å². The summed E-state index contributed by atoms with van der Waals surface area (Å²) in [5.74, 6) is -0.183. The molecule has 1 saturated carbocycles. The summed E-state index contributed by atoms with van der Waals surface area (Å²) in [7, 11) is 0. The molecule has 0 atom stereocenters. The Hall–Kier alpha value is -0.330. The maximum atomic E-state index is 13.1. The Bertz CT molecular complexity index is 477. The molecule has 0 unspecified atom stereocenters. The van der Waals surface area contributed by atoms with Gasteiger partial charge in [0.25, 0.3) is 0 Å². The van der Waals surface area contributed by atoms with Gasteiger partial charge in [-0.2, -0.15) is 4.39 Å². The molecule has 1 heterocycles. The van der Waals surface area contributed by atoms with E-state index in [0.29, 0.717) is 11.9 Å². The Morgan fingerprint density at radius 1 is 1.39 bits per heavy atom. The van der Waals surface area contributed by atoms with Crippen LogP contribution in [0, 0.1) is 0 Å². The van der Waals surface area contributed by atoms with Gasteiger partial charge in [0.05, 0.1) is 6.20 Å². The fourth-order valence-corrected chi connectivity index (χ4v) is 3.27. The second kappa shape index (κ2) is 5.35. The number of alkyl halides is 3. The van der Waals surface area contributed by atoms with Gasteiger partial charge in [0.2, 0.25) is 5.88 Å². The molecule has 0 spiro atoms. The first-order valence-corrected chi connectivity index (χ1v) is 7.20. The summed E-state index contributed by atoms with van der Waals surface area (Å²) in [6.45, 7) is 0. The van der Waals surface area contributed by atoms with E-state index in [-0.39, 0.29) is 11.9 Å². The van der Waals surface area contributed by atoms with Gasteiger partial charge in [-0.15, -0.1) is 0 Å². The highest BCUT2D eigenvalue weighted by Gasteiger charge is 2.28. The van der Waals surface area contributed by atoms with Crippen molar-refractivity contribution < 1.29 is 9.50 Å². The summed E-state index contributed by atoms with van der Waals surface area (Å²) >= 11 is 10.7. The summed E-state index contributed by atoms with van der Waals surface area (Å²) < 4.78 is 12.7. The molecule has 0 radical (unpaired) electrons. The van der Waals surface area contributed by atoms with Crippen LogP contribution in [-0.4, -0.2) is 17.6 Å². The van der Waals surface area contributed by atoms with E-state index in [0.717, 1.165) is 42.3 Å². The average Bonchev–Trinajstić information content (AvgIpc) is 2.53. The standard InChI is InChI=1S/C10H13Cl2FN2O2S/c11-10(12,13)18-14-6-8(16)15(9(14)17)7-4-2-1-3-5-7/h6-7,16H,1-5H2. The van der Waals surface area contributed by atoms with Gasteiger partial charge in [0.1, 0.15) is 0 Å². The zero-order valence-corrected chi connectivity index (χ0v) is 11.8. The third-order valence-electron chi connectivity index (χ3n) is 3.02. The largest absolute Gasteiger partial charge is 0.493 e. The monoisotopic (exact) mass is 314 g/mol. The first-order chi connectivity index (χ1) is 8.38. The van der Waals surface area contributed by atoms with E-state index in [1.165, 1.54) is 4.57 Å². The van der Waals surface area contributed by atoms with Crippen molar-refractivity contribution in [2.45, 2.75) is 42.1 Å². The molecule has 1 aliphatic carbocycles. The summed E-state index contributed by atoms with van der Waals surface area (Å²) in [5, 5.41) is 9.78. The van der Waals surface area contributed by atoms with E-state index < -0.39 is 9.61 Å². The fourth-order valence-electron chi connectivity index (χ4n) is 2.29. The maximum Gasteiger partial charge on any atom is 0.341 e. The molecule has 0 bridgehead atoms. The molecule has 1 fully saturated rings. The van der Waals surface area contributed by atoms with Crippen molar-refractivity contribution in [2.75, 3.05) is 0 Å². The molecule has 1 aromatic heterocycles. The molecule has 4 nitrogen and oxygen atoms in total. The van der Waals surface area contributed by atoms with Crippen LogP contribution in [0.25, 0.3) is 0 Å². The maximum absolute atomic E-state index is 13.1. The SMILES string of the molecule is O=c1n(SC(F)(Cl)Cl)cc(O)n1C1CCCCC1. The van der Waals surface area contributed by atoms with Crippen LogP contribution in [0.1, 0.15) is 38.1 Å². The van der Waals surface area contributed by atoms with E-state index in [4.69, 9.17) is 23.2 Å². The van der Waals surface area contributed by atoms with Crippen LogP contribution in [0.2, 0.25) is 0 Å². The molecule has 18 heavy (non-hydrogen) atoms. The van der Waals surface area contributed by atoms with Crippen molar-refractivity contribution in [2.24, 2.45) is 0 Å². The van der Waals surface area contributed by atoms with Gasteiger partial charge in [0.15, 0.2) is 0 Å². The van der Waals surface area contributed by atoms with E-state index in [2.05, 4.69) is 0 Å². The number of nitrogens with zero attached hydrogens (tertiary/aromatic N) is 2. The number of aromatic hydroxyl groups is 1. The van der Waals surface area contributed by atoms with Gasteiger partial charge in [-0.3, -0.25) is 4.57 Å². The van der Waals surface area contributed by atoms with Crippen LogP contribution in [-0.2, 0) is 0 Å². The second-order valence-corrected chi connectivity index (χ2v) is 7.12. The average molecular weight is 315 g/mol. The molecule has 1 N–H and O–H groups in total. The molecular formula is C10H13Cl2FN2O2S. The van der Waals surface area contributed by atoms with E-state index in [9.17, 15) is 14.3 Å². The first kappa shape index (κ1) is 14.1. The van der Waals surface area contributed by atoms with E-state index >= 15 is 0 Å². The third kappa shape index (κ3) is 3.16. The minimum atomic E-state index is -2.60. The number of halogens is 3. The quantitative estimate of drug-likeness (QED) is 0.870. The lowest BCUT2D eigenvalue weighted by molar-refractivity contribution is 0.308. The highest BCUT2D eigenvalue weighted by molar-refractivity contribution is 8.01. The van der Waals surface area contributed by atoms with Crippen molar-refractivity contribution in [1.29, 1.82) is 0 Å². The van der Waals surface area contributed by atoms with Crippen LogP contribution >= 0.6 is 35.1 Å². The first-order valence-electron chi connectivity index (χ1n) is 5.67. The Kier molecular flexibility index (Phi) is 4.18. The lowest BCUT2D eigenvalue weighted by Crippen LogP contribution is -2.27. The van der Waals surface area contributed by atoms with Gasteiger partial charge in [0, 0.05) is 18.0 Å². The molecular weight excluding hydrogens is 302 g/mol. The second-order valence-electron chi connectivity index (χ2n) is 4.29. The summed E-state index contributed by atoms with van der Waals surface area (Å²) in [6.07, 6.45) is 5.99. The van der Waals surface area contributed by atoms with Gasteiger partial charge in [-0.1, -0.05) is 42.5 Å². The molecule has 102 valence electrons. The van der Waals surface area contributed by atoms with Gasteiger partial charge in [-0.25, -0.2) is 8.77 Å². The zero-order valence-electron chi connectivity index (χ0n) is 9.48. The number of rotatable bonds is 3.